The molecule has 2 heterocycles. The number of halogens is 2. The fourth-order valence-electron chi connectivity index (χ4n) is 3.91. The van der Waals surface area contributed by atoms with Gasteiger partial charge in [-0.2, -0.15) is 4.98 Å². The van der Waals surface area contributed by atoms with Crippen LogP contribution in [0.15, 0.2) is 71.2 Å². The zero-order valence-electron chi connectivity index (χ0n) is 14.9. The molecule has 1 aliphatic rings. The van der Waals surface area contributed by atoms with E-state index in [1.54, 1.807) is 0 Å². The highest BCUT2D eigenvalue weighted by atomic mass is 79.9. The van der Waals surface area contributed by atoms with Crippen LogP contribution in [0.4, 0.5) is 11.9 Å². The van der Waals surface area contributed by atoms with Gasteiger partial charge in [0.25, 0.3) is 0 Å². The van der Waals surface area contributed by atoms with Gasteiger partial charge in [-0.1, -0.05) is 70.5 Å². The van der Waals surface area contributed by atoms with Gasteiger partial charge in [0.2, 0.25) is 11.9 Å². The summed E-state index contributed by atoms with van der Waals surface area (Å²) in [7, 11) is 0. The summed E-state index contributed by atoms with van der Waals surface area (Å²) < 4.78 is 2.99. The third-order valence-electron chi connectivity index (χ3n) is 5.16. The maximum atomic E-state index is 5.93. The highest BCUT2D eigenvalue weighted by Crippen LogP contribution is 2.40. The zero-order valence-corrected chi connectivity index (χ0v) is 17.3. The first-order valence-corrected chi connectivity index (χ1v) is 9.70. The number of anilines is 2. The summed E-state index contributed by atoms with van der Waals surface area (Å²) in [5.41, 5.74) is 8.38. The predicted molar refractivity (Wildman–Crippen MR) is 119 cm³/mol. The van der Waals surface area contributed by atoms with Crippen molar-refractivity contribution in [3.8, 4) is 0 Å². The van der Waals surface area contributed by atoms with Crippen LogP contribution in [0, 0.1) is 0 Å². The molecular formula is C21H19BrClN5. The minimum atomic E-state index is 0. The normalized spacial score (nSPS) is 18.2. The molecule has 2 unspecified atom stereocenters. The number of benzene rings is 3. The van der Waals surface area contributed by atoms with E-state index in [9.17, 15) is 0 Å². The van der Waals surface area contributed by atoms with E-state index in [4.69, 9.17) is 5.73 Å². The van der Waals surface area contributed by atoms with E-state index in [-0.39, 0.29) is 24.5 Å². The van der Waals surface area contributed by atoms with Crippen molar-refractivity contribution >= 4 is 51.0 Å². The monoisotopic (exact) mass is 455 g/mol. The van der Waals surface area contributed by atoms with Crippen LogP contribution in [-0.2, 0) is 0 Å². The van der Waals surface area contributed by atoms with Crippen LogP contribution in [0.1, 0.15) is 29.6 Å². The minimum Gasteiger partial charge on any atom is -0.366 e. The number of rotatable bonds is 2. The SMILES string of the molecule is Cl.Nc1nc2n(n1)C(c1cccc3ccccc13)CC(c1ccc(Br)cc1)N2. The molecule has 5 nitrogen and oxygen atoms in total. The molecule has 3 N–H and O–H groups in total. The van der Waals surface area contributed by atoms with Gasteiger partial charge in [-0.05, 0) is 40.5 Å². The van der Waals surface area contributed by atoms with Crippen molar-refractivity contribution in [1.29, 1.82) is 0 Å². The number of hydrogen-bond acceptors (Lipinski definition) is 4. The Kier molecular flexibility index (Phi) is 5.00. The Balaban J connectivity index is 0.00000192. The van der Waals surface area contributed by atoms with Crippen LogP contribution >= 0.6 is 28.3 Å². The van der Waals surface area contributed by atoms with E-state index < -0.39 is 0 Å². The van der Waals surface area contributed by atoms with Crippen LogP contribution in [0.2, 0.25) is 0 Å². The Labute approximate surface area is 177 Å². The number of aromatic nitrogens is 3. The van der Waals surface area contributed by atoms with Crippen molar-refractivity contribution < 1.29 is 0 Å². The zero-order chi connectivity index (χ0) is 18.4. The van der Waals surface area contributed by atoms with Crippen LogP contribution < -0.4 is 11.1 Å². The molecule has 0 bridgehead atoms. The minimum absolute atomic E-state index is 0. The van der Waals surface area contributed by atoms with E-state index >= 15 is 0 Å². The van der Waals surface area contributed by atoms with Gasteiger partial charge in [-0.25, -0.2) is 4.68 Å². The maximum Gasteiger partial charge on any atom is 0.241 e. The summed E-state index contributed by atoms with van der Waals surface area (Å²) in [6.45, 7) is 0. The first-order chi connectivity index (χ1) is 13.2. The van der Waals surface area contributed by atoms with E-state index in [1.165, 1.54) is 21.9 Å². The first kappa shape index (κ1) is 18.8. The molecule has 0 radical (unpaired) electrons. The van der Waals surface area contributed by atoms with E-state index in [0.29, 0.717) is 11.9 Å². The molecule has 0 saturated carbocycles. The molecule has 0 saturated heterocycles. The average Bonchev–Trinajstić information content (AvgIpc) is 3.07. The molecule has 0 spiro atoms. The number of nitrogens with zero attached hydrogens (tertiary/aromatic N) is 3. The summed E-state index contributed by atoms with van der Waals surface area (Å²) in [6.07, 6.45) is 0.867. The van der Waals surface area contributed by atoms with E-state index in [0.717, 1.165) is 10.9 Å². The third-order valence-corrected chi connectivity index (χ3v) is 5.69. The Morgan fingerprint density at radius 2 is 1.75 bits per heavy atom. The van der Waals surface area contributed by atoms with Gasteiger partial charge < -0.3 is 11.1 Å². The largest absolute Gasteiger partial charge is 0.366 e. The quantitative estimate of drug-likeness (QED) is 0.427. The number of nitrogens with one attached hydrogen (secondary N) is 1. The Hall–Kier alpha value is -2.57. The van der Waals surface area contributed by atoms with Crippen molar-refractivity contribution in [3.63, 3.8) is 0 Å². The molecule has 0 amide bonds. The van der Waals surface area contributed by atoms with Crippen molar-refractivity contribution in [2.45, 2.75) is 18.5 Å². The standard InChI is InChI=1S/C21H18BrN5.ClH/c22-15-10-8-14(9-11-15)18-12-19(27-21(24-18)25-20(23)26-27)17-7-3-5-13-4-1-2-6-16(13)17;/h1-11,18-19H,12H2,(H3,23,24,25,26);1H. The molecule has 28 heavy (non-hydrogen) atoms. The van der Waals surface area contributed by atoms with Crippen molar-refractivity contribution in [2.24, 2.45) is 0 Å². The second-order valence-electron chi connectivity index (χ2n) is 6.81. The number of hydrogen-bond donors (Lipinski definition) is 2. The van der Waals surface area contributed by atoms with Gasteiger partial charge in [-0.3, -0.25) is 0 Å². The summed E-state index contributed by atoms with van der Waals surface area (Å²) in [6, 6.07) is 23.5. The van der Waals surface area contributed by atoms with Crippen molar-refractivity contribution in [2.75, 3.05) is 11.1 Å². The van der Waals surface area contributed by atoms with Gasteiger partial charge in [0.1, 0.15) is 0 Å². The number of nitrogens with two attached hydrogens (primary N) is 1. The fourth-order valence-corrected chi connectivity index (χ4v) is 4.17. The average molecular weight is 457 g/mol. The molecule has 1 aliphatic heterocycles. The topological polar surface area (TPSA) is 68.8 Å². The van der Waals surface area contributed by atoms with Gasteiger partial charge in [0.05, 0.1) is 12.1 Å². The summed E-state index contributed by atoms with van der Waals surface area (Å²) in [5.74, 6) is 1.00. The van der Waals surface area contributed by atoms with Gasteiger partial charge in [0.15, 0.2) is 0 Å². The van der Waals surface area contributed by atoms with E-state index in [1.807, 2.05) is 4.68 Å². The highest BCUT2D eigenvalue weighted by molar-refractivity contribution is 9.10. The smallest absolute Gasteiger partial charge is 0.241 e. The van der Waals surface area contributed by atoms with Gasteiger partial charge in [-0.15, -0.1) is 17.5 Å². The molecule has 7 heteroatoms. The molecule has 0 aliphatic carbocycles. The third kappa shape index (κ3) is 3.23. The molecule has 2 atom stereocenters. The van der Waals surface area contributed by atoms with E-state index in [2.05, 4.69) is 98.1 Å². The van der Waals surface area contributed by atoms with Crippen molar-refractivity contribution in [3.05, 3.63) is 82.3 Å². The second-order valence-corrected chi connectivity index (χ2v) is 7.72. The second kappa shape index (κ2) is 7.45. The molecule has 4 aromatic rings. The number of nitrogen functional groups attached to an aromatic ring is 1. The lowest BCUT2D eigenvalue weighted by atomic mass is 9.90. The lowest BCUT2D eigenvalue weighted by Crippen LogP contribution is -2.28. The lowest BCUT2D eigenvalue weighted by molar-refractivity contribution is 0.434. The molecule has 0 fully saturated rings. The molecule has 142 valence electrons. The predicted octanol–water partition coefficient (Wildman–Crippen LogP) is 5.34. The highest BCUT2D eigenvalue weighted by Gasteiger charge is 2.31. The Bertz CT molecular complexity index is 1120. The number of fused-ring (bicyclic) bond motifs is 2. The lowest BCUT2D eigenvalue weighted by Gasteiger charge is -2.32. The van der Waals surface area contributed by atoms with Crippen LogP contribution in [0.25, 0.3) is 10.8 Å². The molecular weight excluding hydrogens is 438 g/mol. The summed E-state index contributed by atoms with van der Waals surface area (Å²) in [4.78, 5) is 4.41. The van der Waals surface area contributed by atoms with Gasteiger partial charge >= 0.3 is 0 Å². The van der Waals surface area contributed by atoms with Crippen LogP contribution in [0.5, 0.6) is 0 Å². The van der Waals surface area contributed by atoms with Crippen molar-refractivity contribution in [1.82, 2.24) is 14.8 Å². The fraction of sp³-hybridized carbons (Fsp3) is 0.143. The molecule has 3 aromatic carbocycles. The molecule has 5 rings (SSSR count). The van der Waals surface area contributed by atoms with Gasteiger partial charge in [0, 0.05) is 4.47 Å². The maximum absolute atomic E-state index is 5.93. The van der Waals surface area contributed by atoms with Crippen LogP contribution in [-0.4, -0.2) is 14.8 Å². The summed E-state index contributed by atoms with van der Waals surface area (Å²) in [5, 5.41) is 10.4. The first-order valence-electron chi connectivity index (χ1n) is 8.91. The Morgan fingerprint density at radius 1 is 1.00 bits per heavy atom. The Morgan fingerprint density at radius 3 is 2.57 bits per heavy atom. The molecule has 1 aromatic heterocycles. The summed E-state index contributed by atoms with van der Waals surface area (Å²) >= 11 is 3.51. The van der Waals surface area contributed by atoms with Crippen LogP contribution in [0.3, 0.4) is 0 Å².